The van der Waals surface area contributed by atoms with Crippen molar-refractivity contribution in [3.05, 3.63) is 130 Å². The quantitative estimate of drug-likeness (QED) is 0.112. The van der Waals surface area contributed by atoms with Crippen molar-refractivity contribution in [1.82, 2.24) is 5.32 Å². The summed E-state index contributed by atoms with van der Waals surface area (Å²) in [5, 5.41) is 23.5. The number of hydrogen-bond donors (Lipinski definition) is 3. The lowest BCUT2D eigenvalue weighted by Crippen LogP contribution is -2.52. The molecule has 7 heteroatoms. The highest BCUT2D eigenvalue weighted by Crippen LogP contribution is 2.72. The molecule has 3 aromatic carbocycles. The van der Waals surface area contributed by atoms with E-state index in [1.54, 1.807) is 6.07 Å². The number of benzene rings is 3. The largest absolute Gasteiger partial charge is 0.508 e. The summed E-state index contributed by atoms with van der Waals surface area (Å²) in [5.74, 6) is 0.874. The zero-order chi connectivity index (χ0) is 38.1. The van der Waals surface area contributed by atoms with E-state index in [0.717, 1.165) is 110 Å². The highest BCUT2D eigenvalue weighted by Gasteiger charge is 2.68. The fraction of sp³-hybridized carbons (Fsp3) is 0.417. The Morgan fingerprint density at radius 3 is 2.51 bits per heavy atom. The van der Waals surface area contributed by atoms with Gasteiger partial charge in [-0.25, -0.2) is 9.59 Å². The highest BCUT2D eigenvalue weighted by atomic mass is 16.5. The number of cyclic esters (lactones) is 2. The van der Waals surface area contributed by atoms with Crippen molar-refractivity contribution in [3.63, 3.8) is 0 Å². The molecule has 0 radical (unpaired) electrons. The smallest absolute Gasteiger partial charge is 0.340 e. The van der Waals surface area contributed by atoms with Crippen LogP contribution < -0.4 is 5.32 Å². The lowest BCUT2D eigenvalue weighted by Gasteiger charge is -2.56. The molecule has 3 aromatic rings. The summed E-state index contributed by atoms with van der Waals surface area (Å²) < 4.78 is 12.7. The number of rotatable bonds is 14. The number of aliphatic hydroxyl groups excluding tert-OH is 1. The van der Waals surface area contributed by atoms with Crippen LogP contribution in [-0.4, -0.2) is 35.8 Å². The maximum absolute atomic E-state index is 14.7. The number of phenols is 1. The zero-order valence-electron chi connectivity index (χ0n) is 32.1. The van der Waals surface area contributed by atoms with Crippen LogP contribution in [0, 0.1) is 29.1 Å². The van der Waals surface area contributed by atoms with Crippen molar-refractivity contribution >= 4 is 17.5 Å². The minimum absolute atomic E-state index is 0.00233. The van der Waals surface area contributed by atoms with Crippen LogP contribution in [0.25, 0.3) is 16.7 Å². The monoisotopic (exact) mass is 739 g/mol. The average Bonchev–Trinajstić information content (AvgIpc) is 3.68. The first-order valence-electron chi connectivity index (χ1n) is 20.4. The molecule has 4 aliphatic carbocycles. The van der Waals surface area contributed by atoms with E-state index in [1.807, 2.05) is 25.2 Å². The molecule has 3 N–H and O–H groups in total. The summed E-state index contributed by atoms with van der Waals surface area (Å²) in [4.78, 5) is 28.9. The van der Waals surface area contributed by atoms with Crippen LogP contribution in [0.2, 0.25) is 0 Å². The van der Waals surface area contributed by atoms with Gasteiger partial charge in [-0.1, -0.05) is 74.4 Å². The Kier molecular flexibility index (Phi) is 10.7. The Labute approximate surface area is 324 Å². The number of aliphatic hydroxyl groups is 1. The molecule has 5 unspecified atom stereocenters. The van der Waals surface area contributed by atoms with E-state index < -0.39 is 5.41 Å². The van der Waals surface area contributed by atoms with E-state index in [9.17, 15) is 19.8 Å². The Bertz CT molecular complexity index is 2090. The molecule has 286 valence electrons. The number of fused-ring (bicyclic) bond motifs is 1. The first kappa shape index (κ1) is 37.2. The summed E-state index contributed by atoms with van der Waals surface area (Å²) in [6, 6.07) is 24.4. The summed E-state index contributed by atoms with van der Waals surface area (Å²) in [7, 11) is 1.93. The molecular weight excluding hydrogens is 687 g/mol. The van der Waals surface area contributed by atoms with E-state index in [1.165, 1.54) is 5.56 Å². The summed E-state index contributed by atoms with van der Waals surface area (Å²) in [6.45, 7) is 3.11. The number of unbranched alkanes of at least 4 members (excludes halogenated alkanes) is 4. The molecule has 0 amide bonds. The molecule has 7 nitrogen and oxygen atoms in total. The van der Waals surface area contributed by atoms with E-state index in [4.69, 9.17) is 9.47 Å². The first-order chi connectivity index (χ1) is 26.9. The molecule has 0 aromatic heterocycles. The van der Waals surface area contributed by atoms with E-state index >= 15 is 0 Å². The molecule has 1 spiro atoms. The minimum Gasteiger partial charge on any atom is -0.508 e. The summed E-state index contributed by atoms with van der Waals surface area (Å²) in [5.41, 5.74) is 7.78. The topological polar surface area (TPSA) is 105 Å². The maximum Gasteiger partial charge on any atom is 0.340 e. The van der Waals surface area contributed by atoms with Gasteiger partial charge in [-0.15, -0.1) is 0 Å². The SMILES string of the molecule is CCC(C=C1OC(=O)C2=C(c3cc(O)ccc3-c3cccc(CNC)c3)C3CCC12C1C2=C(CCC31)C(=CCCCCCCO)OC2=O)Cc1ccccc1. The van der Waals surface area contributed by atoms with Gasteiger partial charge in [-0.3, -0.25) is 0 Å². The zero-order valence-corrected chi connectivity index (χ0v) is 32.1. The highest BCUT2D eigenvalue weighted by molar-refractivity contribution is 6.07. The van der Waals surface area contributed by atoms with Crippen molar-refractivity contribution < 1.29 is 29.3 Å². The fourth-order valence-electron chi connectivity index (χ4n) is 10.6. The van der Waals surface area contributed by atoms with Crippen molar-refractivity contribution in [3.8, 4) is 16.9 Å². The van der Waals surface area contributed by atoms with Crippen molar-refractivity contribution in [2.24, 2.45) is 29.1 Å². The van der Waals surface area contributed by atoms with Crippen LogP contribution in [0.1, 0.15) is 87.8 Å². The molecular formula is C48H53NO6. The van der Waals surface area contributed by atoms with Gasteiger partial charge in [-0.05, 0) is 146 Å². The average molecular weight is 740 g/mol. The number of aromatic hydroxyl groups is 1. The number of allylic oxidation sites excluding steroid dienone is 5. The molecule has 2 fully saturated rings. The predicted octanol–water partition coefficient (Wildman–Crippen LogP) is 9.36. The molecule has 9 rings (SSSR count). The van der Waals surface area contributed by atoms with Gasteiger partial charge in [0.2, 0.25) is 0 Å². The second kappa shape index (κ2) is 15.8. The van der Waals surface area contributed by atoms with Gasteiger partial charge in [0.1, 0.15) is 17.3 Å². The molecule has 55 heavy (non-hydrogen) atoms. The molecule has 6 aliphatic rings. The molecule has 2 bridgehead atoms. The van der Waals surface area contributed by atoms with Crippen LogP contribution in [-0.2, 0) is 32.0 Å². The van der Waals surface area contributed by atoms with Gasteiger partial charge in [0.25, 0.3) is 0 Å². The Balaban J connectivity index is 1.30. The normalized spacial score (nSPS) is 26.0. The first-order valence-corrected chi connectivity index (χ1v) is 20.4. The van der Waals surface area contributed by atoms with Crippen molar-refractivity contribution in [2.75, 3.05) is 13.7 Å². The van der Waals surface area contributed by atoms with E-state index in [0.29, 0.717) is 23.5 Å². The second-order valence-corrected chi connectivity index (χ2v) is 16.1. The molecule has 1 saturated carbocycles. The molecule has 2 heterocycles. The number of esters is 2. The number of carbonyl (C=O) groups is 2. The summed E-state index contributed by atoms with van der Waals surface area (Å²) >= 11 is 0. The van der Waals surface area contributed by atoms with Crippen molar-refractivity contribution in [1.29, 1.82) is 0 Å². The Hall–Kier alpha value is -4.72. The Morgan fingerprint density at radius 2 is 1.71 bits per heavy atom. The van der Waals surface area contributed by atoms with Crippen LogP contribution in [0.5, 0.6) is 5.75 Å². The minimum atomic E-state index is -0.827. The predicted molar refractivity (Wildman–Crippen MR) is 214 cm³/mol. The molecule has 5 atom stereocenters. The van der Waals surface area contributed by atoms with Crippen LogP contribution >= 0.6 is 0 Å². The number of carbonyl (C=O) groups excluding carboxylic acids is 2. The van der Waals surface area contributed by atoms with Gasteiger partial charge < -0.3 is 25.0 Å². The lowest BCUT2D eigenvalue weighted by molar-refractivity contribution is -0.135. The molecule has 2 aliphatic heterocycles. The number of hydrogen-bond acceptors (Lipinski definition) is 7. The van der Waals surface area contributed by atoms with E-state index in [-0.39, 0.29) is 48.0 Å². The van der Waals surface area contributed by atoms with Gasteiger partial charge in [0.05, 0.1) is 11.0 Å². The van der Waals surface area contributed by atoms with Crippen molar-refractivity contribution in [2.45, 2.75) is 84.1 Å². The Morgan fingerprint density at radius 1 is 0.891 bits per heavy atom. The van der Waals surface area contributed by atoms with Crippen LogP contribution in [0.4, 0.5) is 0 Å². The molecule has 1 saturated heterocycles. The number of ether oxygens (including phenoxy) is 2. The van der Waals surface area contributed by atoms with Crippen LogP contribution in [0.3, 0.4) is 0 Å². The van der Waals surface area contributed by atoms with Gasteiger partial charge in [-0.2, -0.15) is 0 Å². The second-order valence-electron chi connectivity index (χ2n) is 16.1. The third-order valence-corrected chi connectivity index (χ3v) is 12.9. The van der Waals surface area contributed by atoms with Crippen LogP contribution in [0.15, 0.2) is 113 Å². The summed E-state index contributed by atoms with van der Waals surface area (Å²) in [6.07, 6.45) is 13.7. The number of phenolic OH excluding ortho intramolecular Hbond substituents is 1. The lowest BCUT2D eigenvalue weighted by atomic mass is 9.44. The third-order valence-electron chi connectivity index (χ3n) is 12.9. The van der Waals surface area contributed by atoms with Gasteiger partial charge >= 0.3 is 11.9 Å². The fourth-order valence-corrected chi connectivity index (χ4v) is 10.6. The van der Waals surface area contributed by atoms with Gasteiger partial charge in [0.15, 0.2) is 0 Å². The van der Waals surface area contributed by atoms with E-state index in [2.05, 4.69) is 72.9 Å². The standard InChI is InChI=1S/C48H53NO6/c1-3-30(25-31-13-8-7-9-14-31)27-41-48-23-22-36(37-20-21-38-40(17-10-5-4-6-11-24-50)54-46(52)43(38)44(37)48)42(45(48)47(53)55-41)39-28-34(51)18-19-35(39)33-16-12-15-32(26-33)29-49-2/h7-9,12-19,26-28,30,36-37,44,49-51H,3-6,10-11,20-25,29H2,1-2H3. The third kappa shape index (κ3) is 6.69. The maximum atomic E-state index is 14.7. The van der Waals surface area contributed by atoms with Gasteiger partial charge in [0, 0.05) is 30.2 Å². The number of nitrogens with one attached hydrogen (secondary N) is 1.